The Hall–Kier alpha value is -0.490. The maximum absolute atomic E-state index is 11.6. The topological polar surface area (TPSA) is 65.0 Å². The van der Waals surface area contributed by atoms with Gasteiger partial charge in [0.25, 0.3) is 0 Å². The molecule has 0 radical (unpaired) electrons. The molecule has 1 N–H and O–H groups in total. The number of carbonyl (C=O) groups excluding carboxylic acids is 1. The first-order chi connectivity index (χ1) is 7.11. The SMILES string of the molecule is COC(OC)C(=O)CC1(O)CCOCC1. The second-order valence-corrected chi connectivity index (χ2v) is 3.78. The molecule has 1 fully saturated rings. The van der Waals surface area contributed by atoms with E-state index in [-0.39, 0.29) is 12.2 Å². The van der Waals surface area contributed by atoms with Crippen LogP contribution in [0.25, 0.3) is 0 Å². The van der Waals surface area contributed by atoms with Crippen molar-refractivity contribution in [2.75, 3.05) is 27.4 Å². The van der Waals surface area contributed by atoms with E-state index in [1.54, 1.807) is 0 Å². The monoisotopic (exact) mass is 218 g/mol. The minimum absolute atomic E-state index is 0.0582. The molecule has 1 heterocycles. The number of aliphatic hydroxyl groups is 1. The van der Waals surface area contributed by atoms with E-state index < -0.39 is 11.9 Å². The summed E-state index contributed by atoms with van der Waals surface area (Å²) in [6.07, 6.45) is 0.150. The lowest BCUT2D eigenvalue weighted by molar-refractivity contribution is -0.164. The summed E-state index contributed by atoms with van der Waals surface area (Å²) in [5.74, 6) is -0.232. The minimum Gasteiger partial charge on any atom is -0.389 e. The van der Waals surface area contributed by atoms with Crippen LogP contribution < -0.4 is 0 Å². The first-order valence-electron chi connectivity index (χ1n) is 5.00. The zero-order valence-corrected chi connectivity index (χ0v) is 9.19. The molecule has 1 saturated heterocycles. The molecule has 1 aliphatic rings. The molecular formula is C10H18O5. The lowest BCUT2D eigenvalue weighted by Gasteiger charge is -2.32. The van der Waals surface area contributed by atoms with Gasteiger partial charge in [-0.2, -0.15) is 0 Å². The van der Waals surface area contributed by atoms with Crippen molar-refractivity contribution in [3.05, 3.63) is 0 Å². The van der Waals surface area contributed by atoms with Crippen LogP contribution in [0.5, 0.6) is 0 Å². The number of ketones is 1. The summed E-state index contributed by atoms with van der Waals surface area (Å²) in [5, 5.41) is 10.1. The quantitative estimate of drug-likeness (QED) is 0.663. The molecule has 88 valence electrons. The van der Waals surface area contributed by atoms with Gasteiger partial charge in [-0.3, -0.25) is 4.79 Å². The Labute approximate surface area is 89.3 Å². The molecule has 1 aliphatic heterocycles. The van der Waals surface area contributed by atoms with E-state index in [0.29, 0.717) is 26.1 Å². The molecule has 5 nitrogen and oxygen atoms in total. The Kier molecular flexibility index (Phi) is 4.66. The van der Waals surface area contributed by atoms with Crippen molar-refractivity contribution < 1.29 is 24.1 Å². The van der Waals surface area contributed by atoms with Crippen molar-refractivity contribution in [3.63, 3.8) is 0 Å². The number of ether oxygens (including phenoxy) is 3. The molecular weight excluding hydrogens is 200 g/mol. The molecule has 0 bridgehead atoms. The van der Waals surface area contributed by atoms with Crippen LogP contribution in [0.1, 0.15) is 19.3 Å². The lowest BCUT2D eigenvalue weighted by Crippen LogP contribution is -2.41. The molecule has 0 aromatic carbocycles. The van der Waals surface area contributed by atoms with Crippen LogP contribution >= 0.6 is 0 Å². The number of hydrogen-bond acceptors (Lipinski definition) is 5. The Balaban J connectivity index is 2.48. The highest BCUT2D eigenvalue weighted by atomic mass is 16.7. The van der Waals surface area contributed by atoms with Crippen LogP contribution in [0.3, 0.4) is 0 Å². The molecule has 0 spiro atoms. The van der Waals surface area contributed by atoms with E-state index in [9.17, 15) is 9.90 Å². The van der Waals surface area contributed by atoms with E-state index in [2.05, 4.69) is 0 Å². The Bertz CT molecular complexity index is 206. The van der Waals surface area contributed by atoms with Crippen molar-refractivity contribution in [3.8, 4) is 0 Å². The minimum atomic E-state index is -0.954. The summed E-state index contributed by atoms with van der Waals surface area (Å²) in [6, 6.07) is 0. The zero-order valence-electron chi connectivity index (χ0n) is 9.19. The van der Waals surface area contributed by atoms with E-state index in [1.807, 2.05) is 0 Å². The highest BCUT2D eigenvalue weighted by Crippen LogP contribution is 2.25. The highest BCUT2D eigenvalue weighted by molar-refractivity contribution is 5.82. The Morgan fingerprint density at radius 3 is 2.40 bits per heavy atom. The molecule has 0 aromatic heterocycles. The van der Waals surface area contributed by atoms with E-state index in [0.717, 1.165) is 0 Å². The third-order valence-corrected chi connectivity index (χ3v) is 2.62. The van der Waals surface area contributed by atoms with Gasteiger partial charge in [-0.05, 0) is 0 Å². The van der Waals surface area contributed by atoms with Gasteiger partial charge in [-0.1, -0.05) is 0 Å². The van der Waals surface area contributed by atoms with Gasteiger partial charge in [0.15, 0.2) is 5.78 Å². The van der Waals surface area contributed by atoms with E-state index in [1.165, 1.54) is 14.2 Å². The molecule has 1 rings (SSSR count). The molecule has 0 aromatic rings. The molecule has 0 saturated carbocycles. The predicted molar refractivity (Wildman–Crippen MR) is 52.4 cm³/mol. The maximum Gasteiger partial charge on any atom is 0.217 e. The first kappa shape index (κ1) is 12.6. The van der Waals surface area contributed by atoms with Crippen molar-refractivity contribution in [1.82, 2.24) is 0 Å². The molecule has 0 aliphatic carbocycles. The van der Waals surface area contributed by atoms with Crippen LogP contribution in [0.15, 0.2) is 0 Å². The molecule has 0 amide bonds. The molecule has 0 atom stereocenters. The van der Waals surface area contributed by atoms with E-state index >= 15 is 0 Å². The fourth-order valence-electron chi connectivity index (χ4n) is 1.69. The lowest BCUT2D eigenvalue weighted by atomic mass is 9.89. The number of carbonyl (C=O) groups is 1. The number of rotatable bonds is 5. The average Bonchev–Trinajstić information content (AvgIpc) is 2.19. The summed E-state index contributed by atoms with van der Waals surface area (Å²) < 4.78 is 14.8. The van der Waals surface area contributed by atoms with Crippen LogP contribution in [-0.4, -0.2) is 50.2 Å². The molecule has 0 unspecified atom stereocenters. The maximum atomic E-state index is 11.6. The second-order valence-electron chi connectivity index (χ2n) is 3.78. The zero-order chi connectivity index (χ0) is 11.3. The van der Waals surface area contributed by atoms with Gasteiger partial charge < -0.3 is 19.3 Å². The third kappa shape index (κ3) is 3.53. The van der Waals surface area contributed by atoms with Gasteiger partial charge in [-0.25, -0.2) is 0 Å². The number of Topliss-reactive ketones (excluding diaryl/α,β-unsaturated/α-hetero) is 1. The summed E-state index contributed by atoms with van der Waals surface area (Å²) in [6.45, 7) is 0.989. The van der Waals surface area contributed by atoms with Crippen LogP contribution in [0, 0.1) is 0 Å². The summed E-state index contributed by atoms with van der Waals surface area (Å²) in [7, 11) is 2.81. The fourth-order valence-corrected chi connectivity index (χ4v) is 1.69. The van der Waals surface area contributed by atoms with Crippen molar-refractivity contribution in [2.45, 2.75) is 31.2 Å². The third-order valence-electron chi connectivity index (χ3n) is 2.62. The average molecular weight is 218 g/mol. The van der Waals surface area contributed by atoms with Crippen LogP contribution in [0.4, 0.5) is 0 Å². The predicted octanol–water partition coefficient (Wildman–Crippen LogP) is 0.106. The van der Waals surface area contributed by atoms with Gasteiger partial charge in [0.1, 0.15) is 0 Å². The number of hydrogen-bond donors (Lipinski definition) is 1. The van der Waals surface area contributed by atoms with Crippen LogP contribution in [0.2, 0.25) is 0 Å². The molecule has 15 heavy (non-hydrogen) atoms. The van der Waals surface area contributed by atoms with E-state index in [4.69, 9.17) is 14.2 Å². The summed E-state index contributed by atoms with van der Waals surface area (Å²) in [5.41, 5.74) is -0.954. The first-order valence-corrected chi connectivity index (χ1v) is 5.00. The fraction of sp³-hybridized carbons (Fsp3) is 0.900. The highest BCUT2D eigenvalue weighted by Gasteiger charge is 2.34. The second kappa shape index (κ2) is 5.55. The summed E-state index contributed by atoms with van der Waals surface area (Å²) in [4.78, 5) is 11.6. The normalized spacial score (nSPS) is 20.5. The van der Waals surface area contributed by atoms with Crippen LogP contribution in [-0.2, 0) is 19.0 Å². The van der Waals surface area contributed by atoms with Gasteiger partial charge in [0.05, 0.1) is 5.60 Å². The number of methoxy groups -OCH3 is 2. The smallest absolute Gasteiger partial charge is 0.217 e. The summed E-state index contributed by atoms with van der Waals surface area (Å²) >= 11 is 0. The largest absolute Gasteiger partial charge is 0.389 e. The standard InChI is InChI=1S/C10H18O5/c1-13-9(14-2)8(11)7-10(12)3-5-15-6-4-10/h9,12H,3-7H2,1-2H3. The van der Waals surface area contributed by atoms with Gasteiger partial charge in [-0.15, -0.1) is 0 Å². The Morgan fingerprint density at radius 1 is 1.40 bits per heavy atom. The van der Waals surface area contributed by atoms with Gasteiger partial charge in [0, 0.05) is 46.7 Å². The van der Waals surface area contributed by atoms with Crippen molar-refractivity contribution >= 4 is 5.78 Å². The van der Waals surface area contributed by atoms with Gasteiger partial charge in [0.2, 0.25) is 6.29 Å². The molecule has 5 heteroatoms. The van der Waals surface area contributed by atoms with Gasteiger partial charge >= 0.3 is 0 Å². The van der Waals surface area contributed by atoms with Crippen molar-refractivity contribution in [2.24, 2.45) is 0 Å². The van der Waals surface area contributed by atoms with Crippen molar-refractivity contribution in [1.29, 1.82) is 0 Å². The Morgan fingerprint density at radius 2 is 1.93 bits per heavy atom.